The molecule has 0 spiro atoms. The average molecular weight is 1110 g/mol. The highest BCUT2D eigenvalue weighted by molar-refractivity contribution is 7.61. The van der Waals surface area contributed by atoms with E-state index >= 15 is 0 Å². The number of carbonyl (C=O) groups is 2. The summed E-state index contributed by atoms with van der Waals surface area (Å²) in [4.78, 5) is 62.0. The maximum absolute atomic E-state index is 12.9. The number of aromatic nitrogens is 2. The van der Waals surface area contributed by atoms with E-state index in [9.17, 15) is 48.6 Å². The van der Waals surface area contributed by atoms with Crippen LogP contribution in [0.5, 0.6) is 0 Å². The summed E-state index contributed by atoms with van der Waals surface area (Å²) in [6, 6.07) is 1.24. The minimum Gasteiger partial charge on any atom is -0.462 e. The van der Waals surface area contributed by atoms with E-state index < -0.39 is 83.7 Å². The van der Waals surface area contributed by atoms with Gasteiger partial charge in [-0.3, -0.25) is 23.2 Å². The molecule has 0 amide bonds. The summed E-state index contributed by atoms with van der Waals surface area (Å²) < 4.78 is 56.8. The predicted molar refractivity (Wildman–Crippen MR) is 294 cm³/mol. The molecule has 1 aliphatic rings. The van der Waals surface area contributed by atoms with Crippen molar-refractivity contribution in [1.82, 2.24) is 9.55 Å². The van der Waals surface area contributed by atoms with Crippen molar-refractivity contribution in [1.29, 1.82) is 0 Å². The van der Waals surface area contributed by atoms with Gasteiger partial charge in [-0.05, 0) is 96.0 Å². The molecular formula is C55H89N3O16P2. The molecule has 0 saturated carbocycles. The number of nitrogens with zero attached hydrogens (tertiary/aromatic N) is 2. The number of phosphoric ester groups is 2. The number of nitrogen functional groups attached to an aromatic ring is 1. The van der Waals surface area contributed by atoms with E-state index in [1.807, 2.05) is 30.4 Å². The van der Waals surface area contributed by atoms with Crippen molar-refractivity contribution in [2.45, 2.75) is 205 Å². The van der Waals surface area contributed by atoms with Crippen molar-refractivity contribution >= 4 is 33.4 Å². The molecule has 1 fully saturated rings. The van der Waals surface area contributed by atoms with Crippen molar-refractivity contribution in [2.24, 2.45) is 0 Å². The lowest BCUT2D eigenvalue weighted by molar-refractivity contribution is -0.161. The average Bonchev–Trinajstić information content (AvgIpc) is 3.65. The molecule has 21 heteroatoms. The maximum atomic E-state index is 12.9. The molecule has 0 aromatic carbocycles. The number of hydrogen-bond donors (Lipinski definition) is 6. The molecule has 0 radical (unpaired) electrons. The molecule has 8 atom stereocenters. The fourth-order valence-corrected chi connectivity index (χ4v) is 9.67. The minimum atomic E-state index is -5.45. The van der Waals surface area contributed by atoms with Crippen LogP contribution in [0.1, 0.15) is 174 Å². The fraction of sp³-hybridized carbons (Fsp3) is 0.636. The molecule has 2 rings (SSSR count). The van der Waals surface area contributed by atoms with Gasteiger partial charge in [0.25, 0.3) is 0 Å². The third-order valence-electron chi connectivity index (χ3n) is 11.8. The molecule has 1 aromatic heterocycles. The van der Waals surface area contributed by atoms with Gasteiger partial charge in [0.2, 0.25) is 0 Å². The number of aliphatic hydroxyl groups excluding tert-OH is 3. The molecule has 7 N–H and O–H groups in total. The quantitative estimate of drug-likeness (QED) is 0.0153. The lowest BCUT2D eigenvalue weighted by Gasteiger charge is -2.21. The number of unbranched alkanes of at least 4 members (excludes halogenated alkanes) is 11. The molecule has 2 heterocycles. The number of hydrogen-bond acceptors (Lipinski definition) is 16. The zero-order chi connectivity index (χ0) is 55.7. The normalized spacial score (nSPS) is 19.8. The Morgan fingerprint density at radius 3 is 1.78 bits per heavy atom. The van der Waals surface area contributed by atoms with E-state index in [0.29, 0.717) is 25.7 Å². The van der Waals surface area contributed by atoms with Gasteiger partial charge in [0, 0.05) is 19.0 Å². The summed E-state index contributed by atoms with van der Waals surface area (Å²) in [5.74, 6) is -1.41. The molecule has 3 unspecified atom stereocenters. The minimum absolute atomic E-state index is 0.0120. The molecule has 1 saturated heterocycles. The van der Waals surface area contributed by atoms with Gasteiger partial charge in [-0.1, -0.05) is 150 Å². The number of rotatable bonds is 44. The van der Waals surface area contributed by atoms with E-state index in [1.54, 1.807) is 0 Å². The number of ether oxygens (including phenoxy) is 3. The first-order valence-corrected chi connectivity index (χ1v) is 30.2. The standard InChI is InChI=1S/C55H89N3O16P2/c1-3-5-6-7-8-9-10-11-12-13-14-15-16-17-20-24-27-30-33-36-40-51(61)72-47(43-69-50(60)39-35-32-29-26-23-21-18-19-22-25-28-31-34-38-46(59)37-4-2)44-70-75(65,66)74-76(67,68)71-45-48-52(62)53(63)54(73-48)58-42-41-49(56)57-55(58)64/h9-10,12-13,15-16,18,21-22,25-26,29,31,34,41-42,46-48,52-54,59,62-63H,3-8,11,14,17,19-20,23-24,27-28,30,32-33,35-40,43-45H2,1-2H3,(H,65,66)(H,67,68)(H2,56,57,64)/b10-9-,13-12-,16-15-,21-18-,25-22-,29-26-,34-31-/t46?,47-,48-,52-,53-,54-/m1/s1. The van der Waals surface area contributed by atoms with Gasteiger partial charge < -0.3 is 45.1 Å². The SMILES string of the molecule is CCCCCC/C=C\C/C=C\C/C=C\CCCCCCCCC(=O)O[C@H](COC(=O)CCC/C=C\C/C=C\C/C=C\C/C=C\CC(O)CCC)COP(=O)(O)OP(=O)(O)OC[C@H]1O[C@@H](n2ccc(N)nc2=O)[C@H](O)[C@@H]1O. The second-order valence-corrected chi connectivity index (χ2v) is 21.6. The third kappa shape index (κ3) is 33.9. The summed E-state index contributed by atoms with van der Waals surface area (Å²) in [5.41, 5.74) is 4.58. The molecule has 1 aromatic rings. The van der Waals surface area contributed by atoms with E-state index in [-0.39, 0.29) is 24.8 Å². The van der Waals surface area contributed by atoms with Crippen molar-refractivity contribution in [2.75, 3.05) is 25.6 Å². The van der Waals surface area contributed by atoms with Crippen LogP contribution in [0.4, 0.5) is 5.82 Å². The second-order valence-electron chi connectivity index (χ2n) is 18.6. The Morgan fingerprint density at radius 2 is 1.20 bits per heavy atom. The number of anilines is 1. The van der Waals surface area contributed by atoms with Crippen LogP contribution in [0.15, 0.2) is 102 Å². The number of phosphoric acid groups is 2. The van der Waals surface area contributed by atoms with E-state index in [1.165, 1.54) is 31.7 Å². The first kappa shape index (κ1) is 68.0. The van der Waals surface area contributed by atoms with Crippen LogP contribution in [0, 0.1) is 0 Å². The van der Waals surface area contributed by atoms with Gasteiger partial charge in [-0.15, -0.1) is 0 Å². The Kier molecular flexibility index (Phi) is 37.5. The molecule has 0 bridgehead atoms. The van der Waals surface area contributed by atoms with Crippen LogP contribution in [0.25, 0.3) is 0 Å². The summed E-state index contributed by atoms with van der Waals surface area (Å²) in [7, 11) is -10.9. The lowest BCUT2D eigenvalue weighted by atomic mass is 10.1. The lowest BCUT2D eigenvalue weighted by Crippen LogP contribution is -2.36. The van der Waals surface area contributed by atoms with Gasteiger partial charge in [-0.2, -0.15) is 9.29 Å². The number of carbonyl (C=O) groups excluding carboxylic acids is 2. The maximum Gasteiger partial charge on any atom is 0.481 e. The third-order valence-corrected chi connectivity index (χ3v) is 14.4. The van der Waals surface area contributed by atoms with Crippen LogP contribution in [0.2, 0.25) is 0 Å². The first-order valence-electron chi connectivity index (χ1n) is 27.2. The van der Waals surface area contributed by atoms with Gasteiger partial charge in [0.15, 0.2) is 12.3 Å². The van der Waals surface area contributed by atoms with Gasteiger partial charge >= 0.3 is 33.3 Å². The molecule has 1 aliphatic heterocycles. The Bertz CT molecular complexity index is 2120. The highest BCUT2D eigenvalue weighted by atomic mass is 31.3. The van der Waals surface area contributed by atoms with Crippen molar-refractivity contribution in [3.63, 3.8) is 0 Å². The van der Waals surface area contributed by atoms with Crippen molar-refractivity contribution in [3.05, 3.63) is 108 Å². The molecule has 76 heavy (non-hydrogen) atoms. The number of aliphatic hydroxyl groups is 3. The van der Waals surface area contributed by atoms with Gasteiger partial charge in [0.1, 0.15) is 30.7 Å². The summed E-state index contributed by atoms with van der Waals surface area (Å²) in [6.45, 7) is 1.87. The Balaban J connectivity index is 1.81. The second kappa shape index (κ2) is 41.9. The highest BCUT2D eigenvalue weighted by Crippen LogP contribution is 2.60. The number of allylic oxidation sites excluding steroid dienone is 13. The first-order chi connectivity index (χ1) is 36.6. The topological polar surface area (TPSA) is 286 Å². The molecule has 19 nitrogen and oxygen atoms in total. The van der Waals surface area contributed by atoms with Crippen molar-refractivity contribution in [3.8, 4) is 0 Å². The molecule has 430 valence electrons. The van der Waals surface area contributed by atoms with Crippen LogP contribution in [0.3, 0.4) is 0 Å². The Hall–Kier alpha value is -4.10. The Labute approximate surface area is 450 Å². The van der Waals surface area contributed by atoms with Crippen LogP contribution in [-0.4, -0.2) is 96.9 Å². The smallest absolute Gasteiger partial charge is 0.462 e. The predicted octanol–water partition coefficient (Wildman–Crippen LogP) is 10.8. The van der Waals surface area contributed by atoms with Gasteiger partial charge in [0.05, 0.1) is 19.3 Å². The molecular weight excluding hydrogens is 1020 g/mol. The van der Waals surface area contributed by atoms with E-state index in [0.717, 1.165) is 101 Å². The zero-order valence-electron chi connectivity index (χ0n) is 44.9. The van der Waals surface area contributed by atoms with Crippen LogP contribution < -0.4 is 11.4 Å². The van der Waals surface area contributed by atoms with E-state index in [4.69, 9.17) is 29.0 Å². The zero-order valence-corrected chi connectivity index (χ0v) is 46.7. The summed E-state index contributed by atoms with van der Waals surface area (Å²) in [6.07, 6.45) is 42.9. The van der Waals surface area contributed by atoms with Crippen LogP contribution >= 0.6 is 15.6 Å². The summed E-state index contributed by atoms with van der Waals surface area (Å²) in [5, 5.41) is 30.7. The number of nitrogens with two attached hydrogens (primary N) is 1. The monoisotopic (exact) mass is 1110 g/mol. The van der Waals surface area contributed by atoms with Crippen LogP contribution in [-0.2, 0) is 46.3 Å². The van der Waals surface area contributed by atoms with Gasteiger partial charge in [-0.25, -0.2) is 13.9 Å². The van der Waals surface area contributed by atoms with E-state index in [2.05, 4.69) is 77.8 Å². The fourth-order valence-electron chi connectivity index (χ4n) is 7.56. The number of esters is 2. The Morgan fingerprint density at radius 1 is 0.684 bits per heavy atom. The highest BCUT2D eigenvalue weighted by Gasteiger charge is 2.46. The molecule has 0 aliphatic carbocycles. The summed E-state index contributed by atoms with van der Waals surface area (Å²) >= 11 is 0. The van der Waals surface area contributed by atoms with Crippen molar-refractivity contribution < 1.29 is 71.4 Å². The largest absolute Gasteiger partial charge is 0.481 e.